The van der Waals surface area contributed by atoms with E-state index >= 15 is 4.39 Å². The van der Waals surface area contributed by atoms with Gasteiger partial charge in [0.05, 0.1) is 19.9 Å². The molecule has 1 N–H and O–H groups in total. The fraction of sp³-hybridized carbons (Fsp3) is 0.538. The molecule has 2 atom stereocenters. The molecule has 0 spiro atoms. The molecule has 0 aliphatic heterocycles. The summed E-state index contributed by atoms with van der Waals surface area (Å²) < 4.78 is 40.5. The number of hydrogen-bond acceptors (Lipinski definition) is 4. The van der Waals surface area contributed by atoms with Crippen LogP contribution in [0.25, 0.3) is 0 Å². The van der Waals surface area contributed by atoms with Crippen LogP contribution in [0, 0.1) is 17.7 Å². The largest absolute Gasteiger partial charge is 0.493 e. The van der Waals surface area contributed by atoms with Crippen molar-refractivity contribution in [3.8, 4) is 11.6 Å². The minimum Gasteiger partial charge on any atom is -0.493 e. The number of hydrogen-bond donors (Lipinski definition) is 1. The zero-order valence-corrected chi connectivity index (χ0v) is 19.1. The van der Waals surface area contributed by atoms with Crippen molar-refractivity contribution in [1.82, 2.24) is 4.98 Å². The summed E-state index contributed by atoms with van der Waals surface area (Å²) in [7, 11) is 1.52. The quantitative estimate of drug-likeness (QED) is 0.507. The molecule has 1 heterocycles. The van der Waals surface area contributed by atoms with Crippen molar-refractivity contribution in [2.24, 2.45) is 11.8 Å². The number of pyridine rings is 1. The molecule has 0 saturated heterocycles. The standard InChI is InChI=1S/C26H31F2NO4/c1-26(28,25(30)31)24(18-10-11-18)19-4-3-5-20(12-19)33-15-16-6-8-17(9-7-16)21-13-23(32-2)29-14-22(21)27/h3-5,12-14,16-18,24H,6-11,15H2,1-2H3,(H,30,31)/t16-,17-,24-,26+/m0/s1. The summed E-state index contributed by atoms with van der Waals surface area (Å²) >= 11 is 0. The molecule has 2 saturated carbocycles. The van der Waals surface area contributed by atoms with Crippen LogP contribution >= 0.6 is 0 Å². The van der Waals surface area contributed by atoms with E-state index < -0.39 is 17.6 Å². The van der Waals surface area contributed by atoms with E-state index in [-0.39, 0.29) is 17.7 Å². The van der Waals surface area contributed by atoms with Crippen LogP contribution in [-0.4, -0.2) is 35.4 Å². The van der Waals surface area contributed by atoms with Crippen LogP contribution in [0.3, 0.4) is 0 Å². The molecule has 0 unspecified atom stereocenters. The number of aromatic nitrogens is 1. The lowest BCUT2D eigenvalue weighted by atomic mass is 9.79. The van der Waals surface area contributed by atoms with Gasteiger partial charge in [-0.3, -0.25) is 0 Å². The molecule has 2 aliphatic rings. The molecule has 1 aromatic heterocycles. The van der Waals surface area contributed by atoms with E-state index in [1.54, 1.807) is 24.3 Å². The lowest BCUT2D eigenvalue weighted by molar-refractivity contribution is -0.151. The van der Waals surface area contributed by atoms with E-state index in [4.69, 9.17) is 9.47 Å². The number of aliphatic carboxylic acids is 1. The second-order valence-electron chi connectivity index (χ2n) is 9.55. The molecule has 4 rings (SSSR count). The first-order chi connectivity index (χ1) is 15.8. The maximum atomic E-state index is 15.0. The molecule has 2 aliphatic carbocycles. The Hall–Kier alpha value is -2.70. The van der Waals surface area contributed by atoms with E-state index in [1.807, 2.05) is 6.07 Å². The van der Waals surface area contributed by atoms with E-state index in [1.165, 1.54) is 13.3 Å². The summed E-state index contributed by atoms with van der Waals surface area (Å²) in [6.45, 7) is 1.68. The molecule has 2 aromatic rings. The van der Waals surface area contributed by atoms with E-state index in [2.05, 4.69) is 4.98 Å². The summed E-state index contributed by atoms with van der Waals surface area (Å²) in [5.41, 5.74) is -0.982. The summed E-state index contributed by atoms with van der Waals surface area (Å²) in [6.07, 6.45) is 6.46. The van der Waals surface area contributed by atoms with Gasteiger partial charge in [0.1, 0.15) is 11.6 Å². The van der Waals surface area contributed by atoms with Crippen LogP contribution < -0.4 is 9.47 Å². The molecule has 7 heteroatoms. The molecule has 5 nitrogen and oxygen atoms in total. The van der Waals surface area contributed by atoms with Gasteiger partial charge in [-0.15, -0.1) is 0 Å². The monoisotopic (exact) mass is 459 g/mol. The first-order valence-electron chi connectivity index (χ1n) is 11.6. The van der Waals surface area contributed by atoms with Crippen molar-refractivity contribution >= 4 is 5.97 Å². The van der Waals surface area contributed by atoms with Gasteiger partial charge in [0.15, 0.2) is 0 Å². The molecule has 0 amide bonds. The van der Waals surface area contributed by atoms with Crippen LogP contribution in [0.1, 0.15) is 68.4 Å². The minimum atomic E-state index is -2.32. The Morgan fingerprint density at radius 3 is 2.58 bits per heavy atom. The molecule has 1 aromatic carbocycles. The number of alkyl halides is 1. The number of benzene rings is 1. The van der Waals surface area contributed by atoms with Gasteiger partial charge in [0.2, 0.25) is 11.5 Å². The molecular weight excluding hydrogens is 428 g/mol. The van der Waals surface area contributed by atoms with Crippen molar-refractivity contribution in [3.63, 3.8) is 0 Å². The van der Waals surface area contributed by atoms with Crippen molar-refractivity contribution in [2.75, 3.05) is 13.7 Å². The number of halogens is 2. The normalized spacial score (nSPS) is 23.4. The topological polar surface area (TPSA) is 68.7 Å². The Kier molecular flexibility index (Phi) is 6.86. The Morgan fingerprint density at radius 2 is 1.94 bits per heavy atom. The summed E-state index contributed by atoms with van der Waals surface area (Å²) in [5, 5.41) is 9.40. The number of carbonyl (C=O) groups is 1. The zero-order valence-electron chi connectivity index (χ0n) is 19.1. The SMILES string of the molecule is COc1cc([C@H]2CC[C@H](COc3cccc([C@H](C4CC4)[C@@](C)(F)C(=O)O)c3)CC2)c(F)cn1. The number of nitrogens with zero attached hydrogens (tertiary/aromatic N) is 1. The van der Waals surface area contributed by atoms with Crippen molar-refractivity contribution < 1.29 is 28.2 Å². The number of carboxylic acid groups (broad SMARTS) is 1. The molecular formula is C26H31F2NO4. The highest BCUT2D eigenvalue weighted by atomic mass is 19.1. The fourth-order valence-corrected chi connectivity index (χ4v) is 5.10. The zero-order chi connectivity index (χ0) is 23.6. The van der Waals surface area contributed by atoms with Crippen LogP contribution in [0.15, 0.2) is 36.5 Å². The van der Waals surface area contributed by atoms with Crippen LogP contribution in [-0.2, 0) is 4.79 Å². The van der Waals surface area contributed by atoms with Crippen LogP contribution in [0.2, 0.25) is 0 Å². The maximum Gasteiger partial charge on any atom is 0.341 e. The van der Waals surface area contributed by atoms with Gasteiger partial charge in [0, 0.05) is 12.0 Å². The van der Waals surface area contributed by atoms with Crippen LogP contribution in [0.5, 0.6) is 11.6 Å². The summed E-state index contributed by atoms with van der Waals surface area (Å²) in [4.78, 5) is 15.4. The number of ether oxygens (including phenoxy) is 2. The third kappa shape index (κ3) is 5.28. The Bertz CT molecular complexity index is 984. The van der Waals surface area contributed by atoms with Crippen molar-refractivity contribution in [1.29, 1.82) is 0 Å². The van der Waals surface area contributed by atoms with E-state index in [0.717, 1.165) is 45.4 Å². The van der Waals surface area contributed by atoms with Gasteiger partial charge in [-0.05, 0) is 86.5 Å². The van der Waals surface area contributed by atoms with Crippen molar-refractivity contribution in [3.05, 3.63) is 53.5 Å². The Balaban J connectivity index is 1.36. The average Bonchev–Trinajstić information content (AvgIpc) is 3.63. The summed E-state index contributed by atoms with van der Waals surface area (Å²) in [5.74, 6) is -0.806. The smallest absolute Gasteiger partial charge is 0.341 e. The highest BCUT2D eigenvalue weighted by molar-refractivity contribution is 5.78. The first kappa shape index (κ1) is 23.5. The van der Waals surface area contributed by atoms with E-state index in [0.29, 0.717) is 35.3 Å². The van der Waals surface area contributed by atoms with Crippen LogP contribution in [0.4, 0.5) is 8.78 Å². The molecule has 33 heavy (non-hydrogen) atoms. The van der Waals surface area contributed by atoms with Crippen molar-refractivity contribution in [2.45, 2.75) is 63.0 Å². The lowest BCUT2D eigenvalue weighted by Crippen LogP contribution is -2.38. The fourth-order valence-electron chi connectivity index (χ4n) is 5.10. The predicted molar refractivity (Wildman–Crippen MR) is 120 cm³/mol. The molecule has 0 radical (unpaired) electrons. The third-order valence-corrected chi connectivity index (χ3v) is 7.15. The number of rotatable bonds is 9. The van der Waals surface area contributed by atoms with Gasteiger partial charge < -0.3 is 14.6 Å². The Labute approximate surface area is 193 Å². The molecule has 0 bridgehead atoms. The lowest BCUT2D eigenvalue weighted by Gasteiger charge is -2.29. The van der Waals surface area contributed by atoms with Gasteiger partial charge in [-0.1, -0.05) is 12.1 Å². The number of carboxylic acids is 1. The first-order valence-corrected chi connectivity index (χ1v) is 11.6. The predicted octanol–water partition coefficient (Wildman–Crippen LogP) is 5.89. The molecule has 178 valence electrons. The van der Waals surface area contributed by atoms with E-state index in [9.17, 15) is 14.3 Å². The maximum absolute atomic E-state index is 15.0. The Morgan fingerprint density at radius 1 is 1.21 bits per heavy atom. The van der Waals surface area contributed by atoms with Gasteiger partial charge in [-0.2, -0.15) is 0 Å². The molecule has 2 fully saturated rings. The van der Waals surface area contributed by atoms with Gasteiger partial charge in [-0.25, -0.2) is 18.6 Å². The van der Waals surface area contributed by atoms with Gasteiger partial charge in [0.25, 0.3) is 0 Å². The third-order valence-electron chi connectivity index (χ3n) is 7.15. The van der Waals surface area contributed by atoms with Gasteiger partial charge >= 0.3 is 5.97 Å². The number of methoxy groups -OCH3 is 1. The minimum absolute atomic E-state index is 0.0498. The summed E-state index contributed by atoms with van der Waals surface area (Å²) in [6, 6.07) is 8.89. The highest BCUT2D eigenvalue weighted by Gasteiger charge is 2.50. The average molecular weight is 460 g/mol. The second kappa shape index (κ2) is 9.65. The second-order valence-corrected chi connectivity index (χ2v) is 9.55. The highest BCUT2D eigenvalue weighted by Crippen LogP contribution is 2.50.